The van der Waals surface area contributed by atoms with Crippen LogP contribution >= 0.6 is 11.8 Å². The molecule has 2 fully saturated rings. The zero-order valence-electron chi connectivity index (χ0n) is 6.83. The number of rotatable bonds is 0. The molecule has 2 rings (SSSR count). The zero-order valence-corrected chi connectivity index (χ0v) is 7.65. The van der Waals surface area contributed by atoms with Crippen molar-refractivity contribution in [3.8, 4) is 0 Å². The SMILES string of the molecule is N[C@@H]1CCCN2CCSC[C@@H]12. The van der Waals surface area contributed by atoms with Gasteiger partial charge in [-0.1, -0.05) is 0 Å². The summed E-state index contributed by atoms with van der Waals surface area (Å²) in [5.74, 6) is 2.57. The number of piperidine rings is 1. The zero-order chi connectivity index (χ0) is 7.68. The van der Waals surface area contributed by atoms with Crippen LogP contribution in [0.1, 0.15) is 12.8 Å². The first-order valence-electron chi connectivity index (χ1n) is 4.45. The molecular weight excluding hydrogens is 156 g/mol. The van der Waals surface area contributed by atoms with Crippen molar-refractivity contribution >= 4 is 11.8 Å². The molecule has 2 atom stereocenters. The summed E-state index contributed by atoms with van der Waals surface area (Å²) in [6, 6.07) is 1.15. The predicted molar refractivity (Wildman–Crippen MR) is 49.9 cm³/mol. The van der Waals surface area contributed by atoms with Crippen molar-refractivity contribution in [3.63, 3.8) is 0 Å². The number of hydrogen-bond acceptors (Lipinski definition) is 3. The van der Waals surface area contributed by atoms with Crippen LogP contribution in [0.4, 0.5) is 0 Å². The van der Waals surface area contributed by atoms with Gasteiger partial charge < -0.3 is 5.73 Å². The fourth-order valence-electron chi connectivity index (χ4n) is 2.05. The quantitative estimate of drug-likeness (QED) is 0.578. The van der Waals surface area contributed by atoms with Crippen LogP contribution in [0.25, 0.3) is 0 Å². The summed E-state index contributed by atoms with van der Waals surface area (Å²) in [5.41, 5.74) is 6.03. The van der Waals surface area contributed by atoms with E-state index in [4.69, 9.17) is 5.73 Å². The number of thioether (sulfide) groups is 1. The van der Waals surface area contributed by atoms with Crippen molar-refractivity contribution in [2.45, 2.75) is 24.9 Å². The summed E-state index contributed by atoms with van der Waals surface area (Å²) in [6.07, 6.45) is 2.55. The Hall–Kier alpha value is 0.270. The average molecular weight is 172 g/mol. The van der Waals surface area contributed by atoms with Crippen molar-refractivity contribution in [3.05, 3.63) is 0 Å². The van der Waals surface area contributed by atoms with Gasteiger partial charge in [-0.15, -0.1) is 0 Å². The van der Waals surface area contributed by atoms with Gasteiger partial charge in [-0.2, -0.15) is 11.8 Å². The second-order valence-electron chi connectivity index (χ2n) is 3.48. The van der Waals surface area contributed by atoms with Gasteiger partial charge in [0.25, 0.3) is 0 Å². The molecule has 0 bridgehead atoms. The first-order valence-corrected chi connectivity index (χ1v) is 5.61. The lowest BCUT2D eigenvalue weighted by Crippen LogP contribution is -2.55. The highest BCUT2D eigenvalue weighted by molar-refractivity contribution is 7.99. The molecule has 0 aromatic carbocycles. The third kappa shape index (κ3) is 1.55. The molecule has 3 heteroatoms. The lowest BCUT2D eigenvalue weighted by Gasteiger charge is -2.42. The van der Waals surface area contributed by atoms with Crippen LogP contribution in [0.2, 0.25) is 0 Å². The Bertz CT molecular complexity index is 138. The van der Waals surface area contributed by atoms with Crippen LogP contribution in [0.5, 0.6) is 0 Å². The van der Waals surface area contributed by atoms with E-state index in [0.29, 0.717) is 12.1 Å². The Labute approximate surface area is 72.5 Å². The Morgan fingerprint density at radius 3 is 3.09 bits per heavy atom. The van der Waals surface area contributed by atoms with Crippen molar-refractivity contribution < 1.29 is 0 Å². The fraction of sp³-hybridized carbons (Fsp3) is 1.00. The van der Waals surface area contributed by atoms with Crippen molar-refractivity contribution in [1.29, 1.82) is 0 Å². The highest BCUT2D eigenvalue weighted by Gasteiger charge is 2.30. The molecule has 2 aliphatic rings. The molecule has 2 N–H and O–H groups in total. The molecule has 0 aromatic heterocycles. The number of nitrogens with two attached hydrogens (primary N) is 1. The molecule has 0 aromatic rings. The van der Waals surface area contributed by atoms with E-state index >= 15 is 0 Å². The van der Waals surface area contributed by atoms with E-state index in [-0.39, 0.29) is 0 Å². The van der Waals surface area contributed by atoms with Crippen molar-refractivity contribution in [2.75, 3.05) is 24.6 Å². The minimum Gasteiger partial charge on any atom is -0.326 e. The minimum atomic E-state index is 0.455. The molecular formula is C8H16N2S. The molecule has 0 unspecified atom stereocenters. The number of nitrogens with zero attached hydrogens (tertiary/aromatic N) is 1. The summed E-state index contributed by atoms with van der Waals surface area (Å²) >= 11 is 2.06. The smallest absolute Gasteiger partial charge is 0.0338 e. The van der Waals surface area contributed by atoms with Gasteiger partial charge in [-0.25, -0.2) is 0 Å². The molecule has 64 valence electrons. The van der Waals surface area contributed by atoms with Gasteiger partial charge in [-0.05, 0) is 19.4 Å². The first-order chi connectivity index (χ1) is 5.38. The Kier molecular flexibility index (Phi) is 2.39. The molecule has 0 saturated carbocycles. The van der Waals surface area contributed by atoms with Crippen LogP contribution in [-0.4, -0.2) is 41.6 Å². The molecule has 0 aliphatic carbocycles. The van der Waals surface area contributed by atoms with Gasteiger partial charge in [0, 0.05) is 30.1 Å². The van der Waals surface area contributed by atoms with Crippen molar-refractivity contribution in [1.82, 2.24) is 4.90 Å². The van der Waals surface area contributed by atoms with Gasteiger partial charge in [0.2, 0.25) is 0 Å². The minimum absolute atomic E-state index is 0.455. The summed E-state index contributed by atoms with van der Waals surface area (Å²) in [5, 5.41) is 0. The van der Waals surface area contributed by atoms with E-state index in [1.807, 2.05) is 0 Å². The molecule has 11 heavy (non-hydrogen) atoms. The molecule has 0 spiro atoms. The molecule has 2 heterocycles. The van der Waals surface area contributed by atoms with Gasteiger partial charge in [0.15, 0.2) is 0 Å². The maximum Gasteiger partial charge on any atom is 0.0338 e. The largest absolute Gasteiger partial charge is 0.326 e. The van der Waals surface area contributed by atoms with Gasteiger partial charge in [0.05, 0.1) is 0 Å². The van der Waals surface area contributed by atoms with E-state index in [0.717, 1.165) is 0 Å². The van der Waals surface area contributed by atoms with E-state index in [9.17, 15) is 0 Å². The van der Waals surface area contributed by atoms with E-state index < -0.39 is 0 Å². The highest BCUT2D eigenvalue weighted by atomic mass is 32.2. The molecule has 2 aliphatic heterocycles. The van der Waals surface area contributed by atoms with Crippen LogP contribution in [-0.2, 0) is 0 Å². The average Bonchev–Trinajstić information content (AvgIpc) is 2.06. The summed E-state index contributed by atoms with van der Waals surface area (Å²) < 4.78 is 0. The number of fused-ring (bicyclic) bond motifs is 1. The highest BCUT2D eigenvalue weighted by Crippen LogP contribution is 2.23. The normalized spacial score (nSPS) is 40.1. The first kappa shape index (κ1) is 7.90. The Balaban J connectivity index is 1.99. The number of hydrogen-bond donors (Lipinski definition) is 1. The molecule has 0 amide bonds. The summed E-state index contributed by atoms with van der Waals surface area (Å²) in [7, 11) is 0. The maximum atomic E-state index is 6.03. The maximum absolute atomic E-state index is 6.03. The van der Waals surface area contributed by atoms with Gasteiger partial charge >= 0.3 is 0 Å². The predicted octanol–water partition coefficient (Wildman–Crippen LogP) is 0.525. The Morgan fingerprint density at radius 2 is 2.27 bits per heavy atom. The Morgan fingerprint density at radius 1 is 1.36 bits per heavy atom. The van der Waals surface area contributed by atoms with Gasteiger partial charge in [0.1, 0.15) is 0 Å². The third-order valence-electron chi connectivity index (χ3n) is 2.76. The molecule has 0 radical (unpaired) electrons. The molecule has 2 saturated heterocycles. The lowest BCUT2D eigenvalue weighted by molar-refractivity contribution is 0.148. The lowest BCUT2D eigenvalue weighted by atomic mass is 9.98. The fourth-order valence-corrected chi connectivity index (χ4v) is 3.28. The third-order valence-corrected chi connectivity index (χ3v) is 3.81. The van der Waals surface area contributed by atoms with Crippen LogP contribution in [0, 0.1) is 0 Å². The van der Waals surface area contributed by atoms with E-state index in [1.54, 1.807) is 0 Å². The van der Waals surface area contributed by atoms with Crippen LogP contribution < -0.4 is 5.73 Å². The standard InChI is InChI=1S/C8H16N2S/c9-7-2-1-3-10-4-5-11-6-8(7)10/h7-8H,1-6,9H2/t7-,8+/m1/s1. The van der Waals surface area contributed by atoms with E-state index in [1.165, 1.54) is 37.4 Å². The molecule has 2 nitrogen and oxygen atoms in total. The van der Waals surface area contributed by atoms with E-state index in [2.05, 4.69) is 16.7 Å². The topological polar surface area (TPSA) is 29.3 Å². The second-order valence-corrected chi connectivity index (χ2v) is 4.63. The monoisotopic (exact) mass is 172 g/mol. The van der Waals surface area contributed by atoms with Crippen LogP contribution in [0.15, 0.2) is 0 Å². The van der Waals surface area contributed by atoms with Gasteiger partial charge in [-0.3, -0.25) is 4.90 Å². The van der Waals surface area contributed by atoms with Crippen molar-refractivity contribution in [2.24, 2.45) is 5.73 Å². The summed E-state index contributed by atoms with van der Waals surface area (Å²) in [4.78, 5) is 2.57. The van der Waals surface area contributed by atoms with Crippen LogP contribution in [0.3, 0.4) is 0 Å². The second kappa shape index (κ2) is 3.33. The summed E-state index contributed by atoms with van der Waals surface area (Å²) in [6.45, 7) is 2.56.